The molecule has 0 bridgehead atoms. The maximum atomic E-state index is 12.9. The molecule has 5 nitrogen and oxygen atoms in total. The Bertz CT molecular complexity index is 950. The minimum atomic E-state index is -0.230. The second-order valence-electron chi connectivity index (χ2n) is 6.60. The van der Waals surface area contributed by atoms with Crippen LogP contribution in [0.2, 0.25) is 0 Å². The SMILES string of the molecule is O=C(c1cc(-c2ccccc2)on1)n1ccccc1=NC1CCCCC1. The number of hydrogen-bond donors (Lipinski definition) is 0. The second kappa shape index (κ2) is 7.52. The first-order chi connectivity index (χ1) is 12.8. The molecule has 0 unspecified atom stereocenters. The predicted octanol–water partition coefficient (Wildman–Crippen LogP) is 4.07. The van der Waals surface area contributed by atoms with Gasteiger partial charge in [-0.15, -0.1) is 0 Å². The van der Waals surface area contributed by atoms with E-state index in [1.807, 2.05) is 48.5 Å². The van der Waals surface area contributed by atoms with Gasteiger partial charge in [0.15, 0.2) is 11.5 Å². The lowest BCUT2D eigenvalue weighted by Crippen LogP contribution is -2.29. The quantitative estimate of drug-likeness (QED) is 0.718. The highest BCUT2D eigenvalue weighted by Crippen LogP contribution is 2.21. The van der Waals surface area contributed by atoms with Crippen LogP contribution in [0.15, 0.2) is 70.3 Å². The lowest BCUT2D eigenvalue weighted by molar-refractivity contribution is 0.0945. The van der Waals surface area contributed by atoms with Crippen LogP contribution in [-0.4, -0.2) is 21.7 Å². The van der Waals surface area contributed by atoms with E-state index in [1.165, 1.54) is 19.3 Å². The van der Waals surface area contributed by atoms with Crippen molar-refractivity contribution in [1.29, 1.82) is 0 Å². The van der Waals surface area contributed by atoms with Crippen LogP contribution in [-0.2, 0) is 0 Å². The molecule has 0 atom stereocenters. The fraction of sp³-hybridized carbons (Fsp3) is 0.286. The maximum Gasteiger partial charge on any atom is 0.285 e. The Morgan fingerprint density at radius 2 is 1.81 bits per heavy atom. The second-order valence-corrected chi connectivity index (χ2v) is 6.60. The fourth-order valence-corrected chi connectivity index (χ4v) is 3.35. The van der Waals surface area contributed by atoms with E-state index in [2.05, 4.69) is 5.16 Å². The Labute approximate surface area is 152 Å². The van der Waals surface area contributed by atoms with Crippen molar-refractivity contribution in [2.45, 2.75) is 38.1 Å². The highest BCUT2D eigenvalue weighted by Gasteiger charge is 2.17. The van der Waals surface area contributed by atoms with Gasteiger partial charge in [-0.05, 0) is 25.0 Å². The van der Waals surface area contributed by atoms with Crippen LogP contribution in [0.3, 0.4) is 0 Å². The molecule has 0 amide bonds. The molecular weight excluding hydrogens is 326 g/mol. The molecule has 5 heteroatoms. The first-order valence-electron chi connectivity index (χ1n) is 9.09. The summed E-state index contributed by atoms with van der Waals surface area (Å²) >= 11 is 0. The monoisotopic (exact) mass is 347 g/mol. The topological polar surface area (TPSA) is 60.4 Å². The minimum Gasteiger partial charge on any atom is -0.355 e. The lowest BCUT2D eigenvalue weighted by atomic mass is 9.96. The van der Waals surface area contributed by atoms with E-state index in [4.69, 9.17) is 9.52 Å². The number of pyridine rings is 1. The summed E-state index contributed by atoms with van der Waals surface area (Å²) in [5.41, 5.74) is 1.85. The summed E-state index contributed by atoms with van der Waals surface area (Å²) in [7, 11) is 0. The Morgan fingerprint density at radius 3 is 2.62 bits per heavy atom. The highest BCUT2D eigenvalue weighted by molar-refractivity contribution is 5.94. The van der Waals surface area contributed by atoms with Gasteiger partial charge in [-0.25, -0.2) is 0 Å². The van der Waals surface area contributed by atoms with E-state index in [-0.39, 0.29) is 11.6 Å². The standard InChI is InChI=1S/C21H21N3O2/c25-21(18-15-19(26-23-18)16-9-3-1-4-10-16)24-14-8-7-13-20(24)22-17-11-5-2-6-12-17/h1,3-4,7-10,13-15,17H,2,5-6,11-12H2. The summed E-state index contributed by atoms with van der Waals surface area (Å²) in [4.78, 5) is 17.7. The molecular formula is C21H21N3O2. The number of rotatable bonds is 3. The molecule has 0 radical (unpaired) electrons. The molecule has 4 rings (SSSR count). The van der Waals surface area contributed by atoms with Gasteiger partial charge in [-0.1, -0.05) is 60.8 Å². The Hall–Kier alpha value is -2.95. The Balaban J connectivity index is 1.65. The molecule has 0 spiro atoms. The molecule has 0 aliphatic heterocycles. The van der Waals surface area contributed by atoms with E-state index < -0.39 is 0 Å². The largest absolute Gasteiger partial charge is 0.355 e. The summed E-state index contributed by atoms with van der Waals surface area (Å²) in [6.07, 6.45) is 7.61. The minimum absolute atomic E-state index is 0.230. The van der Waals surface area contributed by atoms with E-state index in [9.17, 15) is 4.79 Å². The first kappa shape index (κ1) is 16.5. The molecule has 0 saturated heterocycles. The third kappa shape index (κ3) is 3.52. The molecule has 26 heavy (non-hydrogen) atoms. The number of nitrogens with zero attached hydrogens (tertiary/aromatic N) is 3. The number of carbonyl (C=O) groups is 1. The lowest BCUT2D eigenvalue weighted by Gasteiger charge is -2.17. The van der Waals surface area contributed by atoms with Crippen molar-refractivity contribution in [1.82, 2.24) is 9.72 Å². The molecule has 0 N–H and O–H groups in total. The molecule has 1 aliphatic carbocycles. The maximum absolute atomic E-state index is 12.9. The van der Waals surface area contributed by atoms with Gasteiger partial charge in [-0.2, -0.15) is 0 Å². The third-order valence-corrected chi connectivity index (χ3v) is 4.73. The van der Waals surface area contributed by atoms with Gasteiger partial charge >= 0.3 is 0 Å². The van der Waals surface area contributed by atoms with Gasteiger partial charge in [0.05, 0.1) is 6.04 Å². The van der Waals surface area contributed by atoms with E-state index in [0.29, 0.717) is 17.3 Å². The highest BCUT2D eigenvalue weighted by atomic mass is 16.5. The van der Waals surface area contributed by atoms with Crippen molar-refractivity contribution < 1.29 is 9.32 Å². The Morgan fingerprint density at radius 1 is 1.04 bits per heavy atom. The zero-order chi connectivity index (χ0) is 17.8. The summed E-state index contributed by atoms with van der Waals surface area (Å²) in [5, 5.41) is 3.97. The van der Waals surface area contributed by atoms with Gasteiger partial charge < -0.3 is 4.52 Å². The number of hydrogen-bond acceptors (Lipinski definition) is 4. The number of aromatic nitrogens is 2. The summed E-state index contributed by atoms with van der Waals surface area (Å²) < 4.78 is 6.93. The van der Waals surface area contributed by atoms with E-state index >= 15 is 0 Å². The van der Waals surface area contributed by atoms with Crippen molar-refractivity contribution in [2.24, 2.45) is 4.99 Å². The van der Waals surface area contributed by atoms with Crippen LogP contribution >= 0.6 is 0 Å². The molecule has 1 aliphatic rings. The van der Waals surface area contributed by atoms with Crippen molar-refractivity contribution in [3.8, 4) is 11.3 Å². The third-order valence-electron chi connectivity index (χ3n) is 4.73. The molecule has 1 fully saturated rings. The van der Waals surface area contributed by atoms with Gasteiger partial charge in [0.1, 0.15) is 5.49 Å². The van der Waals surface area contributed by atoms with Crippen LogP contribution in [0.1, 0.15) is 42.6 Å². The average molecular weight is 347 g/mol. The van der Waals surface area contributed by atoms with E-state index in [1.54, 1.807) is 16.8 Å². The predicted molar refractivity (Wildman–Crippen MR) is 98.5 cm³/mol. The number of carbonyl (C=O) groups excluding carboxylic acids is 1. The fourth-order valence-electron chi connectivity index (χ4n) is 3.35. The zero-order valence-electron chi connectivity index (χ0n) is 14.5. The van der Waals surface area contributed by atoms with Gasteiger partial charge in [0, 0.05) is 17.8 Å². The van der Waals surface area contributed by atoms with Crippen LogP contribution in [0, 0.1) is 0 Å². The smallest absolute Gasteiger partial charge is 0.285 e. The molecule has 2 heterocycles. The normalized spacial score (nSPS) is 15.9. The molecule has 3 aromatic rings. The van der Waals surface area contributed by atoms with Gasteiger partial charge in [-0.3, -0.25) is 14.4 Å². The molecule has 132 valence electrons. The van der Waals surface area contributed by atoms with Crippen LogP contribution in [0.4, 0.5) is 0 Å². The van der Waals surface area contributed by atoms with Crippen molar-refractivity contribution >= 4 is 5.91 Å². The number of benzene rings is 1. The summed E-state index contributed by atoms with van der Waals surface area (Å²) in [6, 6.07) is 17.2. The van der Waals surface area contributed by atoms with Crippen molar-refractivity contribution in [3.05, 3.63) is 72.0 Å². The van der Waals surface area contributed by atoms with Gasteiger partial charge in [0.2, 0.25) is 0 Å². The summed E-state index contributed by atoms with van der Waals surface area (Å²) in [5.74, 6) is 0.349. The molecule has 1 saturated carbocycles. The van der Waals surface area contributed by atoms with Gasteiger partial charge in [0.25, 0.3) is 5.91 Å². The zero-order valence-corrected chi connectivity index (χ0v) is 14.5. The Kier molecular flexibility index (Phi) is 4.78. The molecule has 1 aromatic carbocycles. The summed E-state index contributed by atoms with van der Waals surface area (Å²) in [6.45, 7) is 0. The van der Waals surface area contributed by atoms with Crippen molar-refractivity contribution in [3.63, 3.8) is 0 Å². The molecule has 2 aromatic heterocycles. The van der Waals surface area contributed by atoms with Crippen molar-refractivity contribution in [2.75, 3.05) is 0 Å². The first-order valence-corrected chi connectivity index (χ1v) is 9.09. The average Bonchev–Trinajstić information content (AvgIpc) is 3.20. The van der Waals surface area contributed by atoms with E-state index in [0.717, 1.165) is 18.4 Å². The van der Waals surface area contributed by atoms with Crippen LogP contribution in [0.5, 0.6) is 0 Å². The van der Waals surface area contributed by atoms with Crippen LogP contribution < -0.4 is 5.49 Å². The van der Waals surface area contributed by atoms with Crippen LogP contribution in [0.25, 0.3) is 11.3 Å².